The molecule has 1 aliphatic carbocycles. The summed E-state index contributed by atoms with van der Waals surface area (Å²) in [5, 5.41) is 0. The molecule has 1 aliphatic heterocycles. The molecule has 0 unspecified atom stereocenters. The van der Waals surface area contributed by atoms with E-state index in [1.165, 1.54) is 0 Å². The van der Waals surface area contributed by atoms with Crippen LogP contribution in [0.25, 0.3) is 0 Å². The van der Waals surface area contributed by atoms with E-state index in [2.05, 4.69) is 15.9 Å². The topological polar surface area (TPSA) is 53.8 Å². The van der Waals surface area contributed by atoms with Crippen molar-refractivity contribution in [3.63, 3.8) is 0 Å². The molecule has 1 saturated carbocycles. The van der Waals surface area contributed by atoms with Gasteiger partial charge in [0.1, 0.15) is 5.76 Å². The Kier molecular flexibility index (Phi) is 4.37. The molecule has 2 heterocycles. The van der Waals surface area contributed by atoms with Crippen LogP contribution in [0.4, 0.5) is 5.69 Å². The Morgan fingerprint density at radius 2 is 2.00 bits per heavy atom. The maximum Gasteiger partial charge on any atom is 0.228 e. The van der Waals surface area contributed by atoms with Gasteiger partial charge in [-0.25, -0.2) is 0 Å². The Bertz CT molecular complexity index is 768. The van der Waals surface area contributed by atoms with Gasteiger partial charge < -0.3 is 14.2 Å². The number of halogens is 1. The summed E-state index contributed by atoms with van der Waals surface area (Å²) in [6.45, 7) is 0.931. The summed E-state index contributed by atoms with van der Waals surface area (Å²) in [5.74, 6) is 0.572. The van der Waals surface area contributed by atoms with Crippen molar-refractivity contribution >= 4 is 33.4 Å². The zero-order chi connectivity index (χ0) is 17.4. The molecule has 130 valence electrons. The lowest BCUT2D eigenvalue weighted by Crippen LogP contribution is -2.38. The SMILES string of the molecule is O=C1C[C@@H](C(=O)N(Cc2ccco2)C2CC2)CN1c1ccc(Br)cc1. The van der Waals surface area contributed by atoms with E-state index in [1.54, 1.807) is 11.2 Å². The maximum atomic E-state index is 13.0. The van der Waals surface area contributed by atoms with Crippen LogP contribution in [0.3, 0.4) is 0 Å². The van der Waals surface area contributed by atoms with E-state index in [-0.39, 0.29) is 30.2 Å². The molecular formula is C19H19BrN2O3. The van der Waals surface area contributed by atoms with Crippen LogP contribution < -0.4 is 4.90 Å². The van der Waals surface area contributed by atoms with Crippen molar-refractivity contribution in [2.45, 2.75) is 31.8 Å². The molecular weight excluding hydrogens is 384 g/mol. The van der Waals surface area contributed by atoms with Crippen molar-refractivity contribution in [3.05, 3.63) is 52.9 Å². The average molecular weight is 403 g/mol. The third kappa shape index (κ3) is 3.49. The van der Waals surface area contributed by atoms with Gasteiger partial charge in [0.25, 0.3) is 0 Å². The quantitative estimate of drug-likeness (QED) is 0.767. The van der Waals surface area contributed by atoms with Crippen molar-refractivity contribution in [2.75, 3.05) is 11.4 Å². The molecule has 6 heteroatoms. The highest BCUT2D eigenvalue weighted by Gasteiger charge is 2.41. The Balaban J connectivity index is 1.48. The van der Waals surface area contributed by atoms with Gasteiger partial charge in [0.15, 0.2) is 0 Å². The summed E-state index contributed by atoms with van der Waals surface area (Å²) in [5.41, 5.74) is 0.840. The first-order valence-corrected chi connectivity index (χ1v) is 9.30. The molecule has 1 atom stereocenters. The van der Waals surface area contributed by atoms with Crippen LogP contribution in [0.1, 0.15) is 25.0 Å². The van der Waals surface area contributed by atoms with Crippen LogP contribution in [0.5, 0.6) is 0 Å². The van der Waals surface area contributed by atoms with Gasteiger partial charge in [0, 0.05) is 29.2 Å². The zero-order valence-corrected chi connectivity index (χ0v) is 15.3. The monoisotopic (exact) mass is 402 g/mol. The fraction of sp³-hybridized carbons (Fsp3) is 0.368. The second kappa shape index (κ2) is 6.67. The van der Waals surface area contributed by atoms with Crippen LogP contribution in [-0.2, 0) is 16.1 Å². The lowest BCUT2D eigenvalue weighted by Gasteiger charge is -2.24. The number of hydrogen-bond donors (Lipinski definition) is 0. The van der Waals surface area contributed by atoms with Gasteiger partial charge in [-0.05, 0) is 49.2 Å². The van der Waals surface area contributed by atoms with E-state index in [1.807, 2.05) is 41.3 Å². The van der Waals surface area contributed by atoms with Crippen molar-refractivity contribution in [1.82, 2.24) is 4.90 Å². The summed E-state index contributed by atoms with van der Waals surface area (Å²) in [7, 11) is 0. The second-order valence-electron chi connectivity index (χ2n) is 6.66. The second-order valence-corrected chi connectivity index (χ2v) is 7.57. The highest BCUT2D eigenvalue weighted by atomic mass is 79.9. The summed E-state index contributed by atoms with van der Waals surface area (Å²) < 4.78 is 6.37. The normalized spacial score (nSPS) is 20.1. The molecule has 1 saturated heterocycles. The number of anilines is 1. The Morgan fingerprint density at radius 1 is 1.24 bits per heavy atom. The first-order chi connectivity index (χ1) is 12.1. The van der Waals surface area contributed by atoms with Gasteiger partial charge in [0.05, 0.1) is 18.7 Å². The predicted octanol–water partition coefficient (Wildman–Crippen LogP) is 3.59. The van der Waals surface area contributed by atoms with Gasteiger partial charge >= 0.3 is 0 Å². The van der Waals surface area contributed by atoms with Crippen molar-refractivity contribution in [2.24, 2.45) is 5.92 Å². The molecule has 1 aromatic carbocycles. The minimum atomic E-state index is -0.285. The van der Waals surface area contributed by atoms with Crippen LogP contribution in [0.15, 0.2) is 51.6 Å². The third-order valence-corrected chi connectivity index (χ3v) is 5.32. The molecule has 0 bridgehead atoms. The van der Waals surface area contributed by atoms with Gasteiger partial charge in [-0.2, -0.15) is 0 Å². The van der Waals surface area contributed by atoms with Gasteiger partial charge in [-0.15, -0.1) is 0 Å². The number of hydrogen-bond acceptors (Lipinski definition) is 3. The number of carbonyl (C=O) groups is 2. The van der Waals surface area contributed by atoms with Crippen LogP contribution >= 0.6 is 15.9 Å². The van der Waals surface area contributed by atoms with Crippen LogP contribution in [-0.4, -0.2) is 29.3 Å². The van der Waals surface area contributed by atoms with Crippen LogP contribution in [0, 0.1) is 5.92 Å². The lowest BCUT2D eigenvalue weighted by atomic mass is 10.1. The number of nitrogens with zero attached hydrogens (tertiary/aromatic N) is 2. The lowest BCUT2D eigenvalue weighted by molar-refractivity contribution is -0.137. The molecule has 4 rings (SSSR count). The molecule has 2 amide bonds. The fourth-order valence-corrected chi connectivity index (χ4v) is 3.59. The smallest absolute Gasteiger partial charge is 0.228 e. The highest BCUT2D eigenvalue weighted by Crippen LogP contribution is 2.33. The summed E-state index contributed by atoms with van der Waals surface area (Å²) >= 11 is 3.40. The van der Waals surface area contributed by atoms with Crippen molar-refractivity contribution in [1.29, 1.82) is 0 Å². The fourth-order valence-electron chi connectivity index (χ4n) is 3.32. The van der Waals surface area contributed by atoms with Crippen molar-refractivity contribution in [3.8, 4) is 0 Å². The number of carbonyl (C=O) groups excluding carboxylic acids is 2. The number of benzene rings is 1. The van der Waals surface area contributed by atoms with Gasteiger partial charge in [0.2, 0.25) is 11.8 Å². The van der Waals surface area contributed by atoms with Gasteiger partial charge in [-0.1, -0.05) is 15.9 Å². The molecule has 5 nitrogen and oxygen atoms in total. The molecule has 0 radical (unpaired) electrons. The molecule has 2 fully saturated rings. The summed E-state index contributed by atoms with van der Waals surface area (Å²) in [6.07, 6.45) is 3.96. The van der Waals surface area contributed by atoms with E-state index >= 15 is 0 Å². The molecule has 0 spiro atoms. The minimum absolute atomic E-state index is 0.00872. The minimum Gasteiger partial charge on any atom is -0.467 e. The van der Waals surface area contributed by atoms with Crippen molar-refractivity contribution < 1.29 is 14.0 Å². The molecule has 2 aromatic rings. The maximum absolute atomic E-state index is 13.0. The summed E-state index contributed by atoms with van der Waals surface area (Å²) in [6, 6.07) is 11.6. The molecule has 0 N–H and O–H groups in total. The number of amides is 2. The van der Waals surface area contributed by atoms with E-state index in [4.69, 9.17) is 4.42 Å². The molecule has 1 aromatic heterocycles. The van der Waals surface area contributed by atoms with Crippen LogP contribution in [0.2, 0.25) is 0 Å². The predicted molar refractivity (Wildman–Crippen MR) is 96.9 cm³/mol. The Hall–Kier alpha value is -2.08. The highest BCUT2D eigenvalue weighted by molar-refractivity contribution is 9.10. The standard InChI is InChI=1S/C19H19BrN2O3/c20-14-3-5-15(6-4-14)21-11-13(10-18(21)23)19(24)22(16-7-8-16)12-17-2-1-9-25-17/h1-6,9,13,16H,7-8,10-12H2/t13-/m1/s1. The van der Waals surface area contributed by atoms with E-state index in [0.717, 1.165) is 28.8 Å². The largest absolute Gasteiger partial charge is 0.467 e. The Labute approximate surface area is 154 Å². The van der Waals surface area contributed by atoms with E-state index in [0.29, 0.717) is 13.1 Å². The molecule has 25 heavy (non-hydrogen) atoms. The average Bonchev–Trinajstić information content (AvgIpc) is 3.17. The first-order valence-electron chi connectivity index (χ1n) is 8.50. The Morgan fingerprint density at radius 3 is 2.64 bits per heavy atom. The number of rotatable bonds is 5. The van der Waals surface area contributed by atoms with E-state index < -0.39 is 0 Å². The third-order valence-electron chi connectivity index (χ3n) is 4.79. The summed E-state index contributed by atoms with van der Waals surface area (Å²) in [4.78, 5) is 29.1. The van der Waals surface area contributed by atoms with Gasteiger partial charge in [-0.3, -0.25) is 9.59 Å². The number of furan rings is 1. The molecule has 2 aliphatic rings. The first kappa shape index (κ1) is 16.4. The van der Waals surface area contributed by atoms with E-state index in [9.17, 15) is 9.59 Å². The zero-order valence-electron chi connectivity index (χ0n) is 13.7.